The molecule has 1 heterocycles. The minimum absolute atomic E-state index is 0.0304. The molecule has 1 atom stereocenters. The number of nitrogens with one attached hydrogen (secondary N) is 2. The van der Waals surface area contributed by atoms with Crippen molar-refractivity contribution in [1.82, 2.24) is 20.4 Å². The molecule has 1 unspecified atom stereocenters. The Morgan fingerprint density at radius 2 is 1.33 bits per heavy atom. The summed E-state index contributed by atoms with van der Waals surface area (Å²) >= 11 is 0. The second kappa shape index (κ2) is 14.6. The molecule has 0 spiro atoms. The molecule has 0 saturated carbocycles. The van der Waals surface area contributed by atoms with Gasteiger partial charge in [0.25, 0.3) is 0 Å². The van der Waals surface area contributed by atoms with E-state index in [4.69, 9.17) is 9.84 Å². The Kier molecular flexibility index (Phi) is 12.5. The maximum atomic E-state index is 12.1. The molecule has 0 bridgehead atoms. The number of unbranched alkanes of at least 4 members (excludes halogenated alkanes) is 6. The summed E-state index contributed by atoms with van der Waals surface area (Å²) in [7, 11) is 0. The third-order valence-corrected chi connectivity index (χ3v) is 4.75. The van der Waals surface area contributed by atoms with Gasteiger partial charge in [-0.1, -0.05) is 25.7 Å². The average molecular weight is 429 g/mol. The second-order valence-corrected chi connectivity index (χ2v) is 7.51. The van der Waals surface area contributed by atoms with Gasteiger partial charge in [-0.3, -0.25) is 4.79 Å². The number of amides is 6. The summed E-state index contributed by atoms with van der Waals surface area (Å²) in [5, 5.41) is 14.2. The van der Waals surface area contributed by atoms with Gasteiger partial charge in [-0.25, -0.2) is 24.2 Å². The molecule has 6 amide bonds. The molecule has 1 aliphatic rings. The first-order valence-electron chi connectivity index (χ1n) is 10.8. The van der Waals surface area contributed by atoms with E-state index >= 15 is 0 Å². The Labute approximate surface area is 178 Å². The normalized spacial score (nSPS) is 14.4. The summed E-state index contributed by atoms with van der Waals surface area (Å²) in [5.74, 6) is -0.0304. The summed E-state index contributed by atoms with van der Waals surface area (Å²) in [4.78, 5) is 48.8. The van der Waals surface area contributed by atoms with Crippen LogP contribution in [0.5, 0.6) is 0 Å². The second-order valence-electron chi connectivity index (χ2n) is 7.51. The minimum Gasteiger partial charge on any atom is -0.444 e. The Hall–Kier alpha value is -2.36. The van der Waals surface area contributed by atoms with E-state index in [9.17, 15) is 19.2 Å². The first kappa shape index (κ1) is 25.7. The molecular formula is C20H36N4O6. The van der Waals surface area contributed by atoms with E-state index in [1.807, 2.05) is 0 Å². The van der Waals surface area contributed by atoms with Crippen LogP contribution in [0.15, 0.2) is 0 Å². The fourth-order valence-electron chi connectivity index (χ4n) is 3.01. The summed E-state index contributed by atoms with van der Waals surface area (Å²) in [6, 6.07) is -0.443. The lowest BCUT2D eigenvalue weighted by atomic mass is 10.1. The molecule has 1 aliphatic heterocycles. The number of hydrogen-bond donors (Lipinski definition) is 3. The first-order valence-corrected chi connectivity index (χ1v) is 10.8. The fraction of sp³-hybridized carbons (Fsp3) is 0.800. The zero-order valence-corrected chi connectivity index (χ0v) is 18.2. The lowest BCUT2D eigenvalue weighted by Gasteiger charge is -2.39. The van der Waals surface area contributed by atoms with Crippen LogP contribution in [0, 0.1) is 0 Å². The number of ether oxygens (including phenoxy) is 1. The molecule has 0 aromatic carbocycles. The molecule has 172 valence electrons. The number of alkyl carbamates (subject to hydrolysis) is 1. The third-order valence-electron chi connectivity index (χ3n) is 4.75. The van der Waals surface area contributed by atoms with Crippen LogP contribution < -0.4 is 10.6 Å². The van der Waals surface area contributed by atoms with Gasteiger partial charge >= 0.3 is 18.2 Å². The lowest BCUT2D eigenvalue weighted by Crippen LogP contribution is -2.64. The summed E-state index contributed by atoms with van der Waals surface area (Å²) in [6.07, 6.45) is 5.71. The molecule has 0 aromatic rings. The van der Waals surface area contributed by atoms with Crippen LogP contribution in [-0.4, -0.2) is 77.9 Å². The fourth-order valence-corrected chi connectivity index (χ4v) is 3.01. The highest BCUT2D eigenvalue weighted by molar-refractivity contribution is 6.11. The van der Waals surface area contributed by atoms with E-state index in [0.29, 0.717) is 26.2 Å². The lowest BCUT2D eigenvalue weighted by molar-refractivity contribution is -0.118. The Bertz CT molecular complexity index is 555. The van der Waals surface area contributed by atoms with Gasteiger partial charge in [0.15, 0.2) is 0 Å². The minimum atomic E-state index is -0.541. The molecule has 0 aromatic heterocycles. The quantitative estimate of drug-likeness (QED) is 0.323. The monoisotopic (exact) mass is 428 g/mol. The van der Waals surface area contributed by atoms with Crippen molar-refractivity contribution >= 4 is 24.1 Å². The van der Waals surface area contributed by atoms with Crippen molar-refractivity contribution in [3.05, 3.63) is 0 Å². The average Bonchev–Trinajstić information content (AvgIpc) is 2.71. The Morgan fingerprint density at radius 1 is 0.867 bits per heavy atom. The highest BCUT2D eigenvalue weighted by atomic mass is 16.6. The molecule has 3 N–H and O–H groups in total. The van der Waals surface area contributed by atoms with Crippen LogP contribution in [0.3, 0.4) is 0 Å². The summed E-state index contributed by atoms with van der Waals surface area (Å²) in [5.41, 5.74) is 0. The van der Waals surface area contributed by atoms with Crippen LogP contribution >= 0.6 is 0 Å². The van der Waals surface area contributed by atoms with E-state index in [1.165, 1.54) is 16.7 Å². The zero-order chi connectivity index (χ0) is 22.4. The van der Waals surface area contributed by atoms with Gasteiger partial charge in [0.1, 0.15) is 6.10 Å². The van der Waals surface area contributed by atoms with Crippen molar-refractivity contribution < 1.29 is 29.0 Å². The van der Waals surface area contributed by atoms with Gasteiger partial charge in [0.05, 0.1) is 6.61 Å². The SMILES string of the molecule is CC(=O)NCCCCCCN1C(=O)N(CCCCCCNC(=O)OC(C)CO)C1=O. The maximum absolute atomic E-state index is 12.1. The predicted molar refractivity (Wildman–Crippen MR) is 111 cm³/mol. The molecule has 0 radical (unpaired) electrons. The van der Waals surface area contributed by atoms with Crippen molar-refractivity contribution in [2.75, 3.05) is 32.8 Å². The molecule has 0 aliphatic carbocycles. The number of aliphatic hydroxyl groups is 1. The number of nitrogens with zero attached hydrogens (tertiary/aromatic N) is 2. The number of hydrogen-bond acceptors (Lipinski definition) is 6. The number of aliphatic hydroxyl groups excluding tert-OH is 1. The van der Waals surface area contributed by atoms with E-state index in [-0.39, 0.29) is 24.6 Å². The van der Waals surface area contributed by atoms with Gasteiger partial charge in [0, 0.05) is 33.1 Å². The van der Waals surface area contributed by atoms with E-state index in [0.717, 1.165) is 51.4 Å². The number of urea groups is 2. The molecule has 1 rings (SSSR count). The number of carbonyl (C=O) groups is 4. The molecule has 1 saturated heterocycles. The molecule has 10 nitrogen and oxygen atoms in total. The largest absolute Gasteiger partial charge is 0.444 e. The van der Waals surface area contributed by atoms with E-state index in [1.54, 1.807) is 6.92 Å². The molecule has 10 heteroatoms. The molecule has 30 heavy (non-hydrogen) atoms. The van der Waals surface area contributed by atoms with Crippen molar-refractivity contribution in [2.24, 2.45) is 0 Å². The van der Waals surface area contributed by atoms with Crippen LogP contribution in [0.4, 0.5) is 14.4 Å². The van der Waals surface area contributed by atoms with Crippen molar-refractivity contribution in [1.29, 1.82) is 0 Å². The van der Waals surface area contributed by atoms with Crippen LogP contribution in [0.25, 0.3) is 0 Å². The zero-order valence-electron chi connectivity index (χ0n) is 18.2. The van der Waals surface area contributed by atoms with Crippen molar-refractivity contribution in [3.63, 3.8) is 0 Å². The van der Waals surface area contributed by atoms with Crippen LogP contribution in [-0.2, 0) is 9.53 Å². The van der Waals surface area contributed by atoms with E-state index in [2.05, 4.69) is 10.6 Å². The van der Waals surface area contributed by atoms with Gasteiger partial charge in [0.2, 0.25) is 5.91 Å². The van der Waals surface area contributed by atoms with Crippen molar-refractivity contribution in [3.8, 4) is 0 Å². The first-order chi connectivity index (χ1) is 14.4. The predicted octanol–water partition coefficient (Wildman–Crippen LogP) is 2.21. The highest BCUT2D eigenvalue weighted by Crippen LogP contribution is 2.18. The Morgan fingerprint density at radius 3 is 1.80 bits per heavy atom. The van der Waals surface area contributed by atoms with Gasteiger partial charge in [-0.15, -0.1) is 0 Å². The van der Waals surface area contributed by atoms with Gasteiger partial charge < -0.3 is 20.5 Å². The van der Waals surface area contributed by atoms with E-state index < -0.39 is 12.2 Å². The van der Waals surface area contributed by atoms with Crippen molar-refractivity contribution in [2.45, 2.75) is 71.3 Å². The van der Waals surface area contributed by atoms with Crippen LogP contribution in [0.1, 0.15) is 65.2 Å². The highest BCUT2D eigenvalue weighted by Gasteiger charge is 2.42. The number of carbonyl (C=O) groups excluding carboxylic acids is 4. The standard InChI is InChI=1S/C20H36N4O6/c1-16(15-25)30-18(27)22-12-8-4-6-10-14-24-19(28)23(20(24)29)13-9-5-3-7-11-21-17(2)26/h16,25H,3-15H2,1-2H3,(H,21,26)(H,22,27). The molecular weight excluding hydrogens is 392 g/mol. The maximum Gasteiger partial charge on any atom is 0.407 e. The summed E-state index contributed by atoms with van der Waals surface area (Å²) in [6.45, 7) is 4.91. The Balaban J connectivity index is 1.99. The van der Waals surface area contributed by atoms with Gasteiger partial charge in [-0.2, -0.15) is 0 Å². The smallest absolute Gasteiger partial charge is 0.407 e. The number of rotatable bonds is 16. The third kappa shape index (κ3) is 9.91. The number of imide groups is 2. The van der Waals surface area contributed by atoms with Crippen LogP contribution in [0.2, 0.25) is 0 Å². The topological polar surface area (TPSA) is 128 Å². The summed E-state index contributed by atoms with van der Waals surface area (Å²) < 4.78 is 4.87. The molecule has 1 fully saturated rings. The van der Waals surface area contributed by atoms with Gasteiger partial charge in [-0.05, 0) is 32.6 Å².